The average molecular weight is 294 g/mol. The summed E-state index contributed by atoms with van der Waals surface area (Å²) in [4.78, 5) is 0.233. The Morgan fingerprint density at radius 3 is 2.63 bits per heavy atom. The molecule has 1 heterocycles. The van der Waals surface area contributed by atoms with Crippen molar-refractivity contribution in [2.75, 3.05) is 10.8 Å². The SMILES string of the molecule is O=S(=O)(c1cccc(Cl)c1)N1CCc2ccccc21. The molecule has 0 aromatic heterocycles. The van der Waals surface area contributed by atoms with Gasteiger partial charge in [0.05, 0.1) is 10.6 Å². The second kappa shape index (κ2) is 4.54. The van der Waals surface area contributed by atoms with Crippen molar-refractivity contribution in [1.29, 1.82) is 0 Å². The van der Waals surface area contributed by atoms with Gasteiger partial charge in [-0.3, -0.25) is 4.31 Å². The lowest BCUT2D eigenvalue weighted by Crippen LogP contribution is -2.29. The van der Waals surface area contributed by atoms with Crippen LogP contribution in [0, 0.1) is 0 Å². The molecule has 0 saturated carbocycles. The van der Waals surface area contributed by atoms with Crippen LogP contribution in [0.5, 0.6) is 0 Å². The average Bonchev–Trinajstić information content (AvgIpc) is 2.83. The maximum absolute atomic E-state index is 12.6. The molecule has 0 spiro atoms. The maximum Gasteiger partial charge on any atom is 0.264 e. The Bertz CT molecular complexity index is 728. The lowest BCUT2D eigenvalue weighted by Gasteiger charge is -2.19. The number of anilines is 1. The van der Waals surface area contributed by atoms with Gasteiger partial charge >= 0.3 is 0 Å². The summed E-state index contributed by atoms with van der Waals surface area (Å²) in [6, 6.07) is 13.9. The van der Waals surface area contributed by atoms with E-state index >= 15 is 0 Å². The second-order valence-electron chi connectivity index (χ2n) is 4.41. The third kappa shape index (κ3) is 2.11. The van der Waals surface area contributed by atoms with Crippen LogP contribution >= 0.6 is 11.6 Å². The molecule has 0 radical (unpaired) electrons. The minimum absolute atomic E-state index is 0.233. The van der Waals surface area contributed by atoms with Gasteiger partial charge in [-0.25, -0.2) is 8.42 Å². The van der Waals surface area contributed by atoms with E-state index in [0.717, 1.165) is 17.7 Å². The van der Waals surface area contributed by atoms with Crippen molar-refractivity contribution in [3.8, 4) is 0 Å². The number of fused-ring (bicyclic) bond motifs is 1. The summed E-state index contributed by atoms with van der Waals surface area (Å²) >= 11 is 5.87. The summed E-state index contributed by atoms with van der Waals surface area (Å²) in [6.45, 7) is 0.480. The highest BCUT2D eigenvalue weighted by Crippen LogP contribution is 2.32. The molecule has 19 heavy (non-hydrogen) atoms. The van der Waals surface area contributed by atoms with E-state index in [9.17, 15) is 8.42 Å². The molecule has 0 amide bonds. The Morgan fingerprint density at radius 1 is 1.05 bits per heavy atom. The summed E-state index contributed by atoms with van der Waals surface area (Å²) < 4.78 is 26.7. The van der Waals surface area contributed by atoms with E-state index in [0.29, 0.717) is 11.6 Å². The largest absolute Gasteiger partial charge is 0.266 e. The molecule has 2 aromatic rings. The molecule has 1 aliphatic heterocycles. The van der Waals surface area contributed by atoms with Crippen LogP contribution in [0.4, 0.5) is 5.69 Å². The van der Waals surface area contributed by atoms with Crippen molar-refractivity contribution >= 4 is 27.3 Å². The van der Waals surface area contributed by atoms with Crippen molar-refractivity contribution in [1.82, 2.24) is 0 Å². The zero-order chi connectivity index (χ0) is 13.5. The molecule has 3 rings (SSSR count). The highest BCUT2D eigenvalue weighted by atomic mass is 35.5. The van der Waals surface area contributed by atoms with Gasteiger partial charge in [0.2, 0.25) is 0 Å². The topological polar surface area (TPSA) is 37.4 Å². The van der Waals surface area contributed by atoms with Gasteiger partial charge in [-0.2, -0.15) is 0 Å². The van der Waals surface area contributed by atoms with E-state index < -0.39 is 10.0 Å². The van der Waals surface area contributed by atoms with Gasteiger partial charge in [-0.1, -0.05) is 35.9 Å². The molecule has 98 valence electrons. The molecule has 0 saturated heterocycles. The fraction of sp³-hybridized carbons (Fsp3) is 0.143. The lowest BCUT2D eigenvalue weighted by atomic mass is 10.2. The normalized spacial score (nSPS) is 14.5. The predicted molar refractivity (Wildman–Crippen MR) is 76.1 cm³/mol. The summed E-state index contributed by atoms with van der Waals surface area (Å²) in [7, 11) is -3.53. The molecular formula is C14H12ClNO2S. The van der Waals surface area contributed by atoms with Gasteiger partial charge in [0.25, 0.3) is 10.0 Å². The van der Waals surface area contributed by atoms with Crippen LogP contribution in [0.15, 0.2) is 53.4 Å². The fourth-order valence-corrected chi connectivity index (χ4v) is 4.12. The zero-order valence-electron chi connectivity index (χ0n) is 10.1. The molecule has 2 aromatic carbocycles. The Hall–Kier alpha value is -1.52. The number of sulfonamides is 1. The first-order valence-corrected chi connectivity index (χ1v) is 7.77. The molecular weight excluding hydrogens is 282 g/mol. The molecule has 0 fully saturated rings. The number of halogens is 1. The number of hydrogen-bond donors (Lipinski definition) is 0. The van der Waals surface area contributed by atoms with Crippen molar-refractivity contribution in [3.05, 3.63) is 59.1 Å². The van der Waals surface area contributed by atoms with Crippen LogP contribution in [-0.2, 0) is 16.4 Å². The molecule has 1 aliphatic rings. The second-order valence-corrected chi connectivity index (χ2v) is 6.71. The van der Waals surface area contributed by atoms with Crippen molar-refractivity contribution in [2.24, 2.45) is 0 Å². The summed E-state index contributed by atoms with van der Waals surface area (Å²) in [5.74, 6) is 0. The van der Waals surface area contributed by atoms with E-state index in [1.165, 1.54) is 10.4 Å². The van der Waals surface area contributed by atoms with Crippen LogP contribution in [0.25, 0.3) is 0 Å². The van der Waals surface area contributed by atoms with Crippen LogP contribution in [0.1, 0.15) is 5.56 Å². The number of benzene rings is 2. The van der Waals surface area contributed by atoms with Crippen LogP contribution in [-0.4, -0.2) is 15.0 Å². The minimum atomic E-state index is -3.53. The Morgan fingerprint density at radius 2 is 1.84 bits per heavy atom. The van der Waals surface area contributed by atoms with E-state index in [1.54, 1.807) is 18.2 Å². The molecule has 0 N–H and O–H groups in total. The Kier molecular flexibility index (Phi) is 2.99. The summed E-state index contributed by atoms with van der Waals surface area (Å²) in [5, 5.41) is 0.425. The van der Waals surface area contributed by atoms with Gasteiger partial charge < -0.3 is 0 Å². The summed E-state index contributed by atoms with van der Waals surface area (Å²) in [5.41, 5.74) is 1.83. The molecule has 5 heteroatoms. The molecule has 3 nitrogen and oxygen atoms in total. The monoisotopic (exact) mass is 293 g/mol. The molecule has 0 aliphatic carbocycles. The van der Waals surface area contributed by atoms with Crippen LogP contribution in [0.3, 0.4) is 0 Å². The quantitative estimate of drug-likeness (QED) is 0.853. The fourth-order valence-electron chi connectivity index (χ4n) is 2.31. The van der Waals surface area contributed by atoms with Crippen LogP contribution in [0.2, 0.25) is 5.02 Å². The zero-order valence-corrected chi connectivity index (χ0v) is 11.7. The van der Waals surface area contributed by atoms with Gasteiger partial charge in [0.1, 0.15) is 0 Å². The van der Waals surface area contributed by atoms with E-state index in [-0.39, 0.29) is 4.90 Å². The first kappa shape index (κ1) is 12.5. The third-order valence-corrected chi connectivity index (χ3v) is 5.27. The number of nitrogens with zero attached hydrogens (tertiary/aromatic N) is 1. The van der Waals surface area contributed by atoms with Gasteiger partial charge in [-0.05, 0) is 36.2 Å². The lowest BCUT2D eigenvalue weighted by molar-refractivity contribution is 0.592. The Balaban J connectivity index is 2.08. The standard InChI is InChI=1S/C14H12ClNO2S/c15-12-5-3-6-13(10-12)19(17,18)16-9-8-11-4-1-2-7-14(11)16/h1-7,10H,8-9H2. The van der Waals surface area contributed by atoms with Gasteiger partial charge in [0, 0.05) is 11.6 Å². The smallest absolute Gasteiger partial charge is 0.264 e. The number of hydrogen-bond acceptors (Lipinski definition) is 2. The van der Waals surface area contributed by atoms with E-state index in [2.05, 4.69) is 0 Å². The molecule has 0 bridgehead atoms. The van der Waals surface area contributed by atoms with Crippen molar-refractivity contribution in [3.63, 3.8) is 0 Å². The molecule has 0 atom stereocenters. The van der Waals surface area contributed by atoms with Gasteiger partial charge in [0.15, 0.2) is 0 Å². The summed E-state index contributed by atoms with van der Waals surface area (Å²) in [6.07, 6.45) is 0.746. The number of para-hydroxylation sites is 1. The Labute approximate surface area is 117 Å². The highest BCUT2D eigenvalue weighted by Gasteiger charge is 2.30. The predicted octanol–water partition coefficient (Wildman–Crippen LogP) is 3.09. The maximum atomic E-state index is 12.6. The van der Waals surface area contributed by atoms with Crippen LogP contribution < -0.4 is 4.31 Å². The third-order valence-electron chi connectivity index (χ3n) is 3.23. The van der Waals surface area contributed by atoms with E-state index in [1.807, 2.05) is 24.3 Å². The first-order valence-electron chi connectivity index (χ1n) is 5.95. The van der Waals surface area contributed by atoms with Crippen molar-refractivity contribution < 1.29 is 8.42 Å². The first-order chi connectivity index (χ1) is 9.09. The van der Waals surface area contributed by atoms with Crippen molar-refractivity contribution in [2.45, 2.75) is 11.3 Å². The molecule has 0 unspecified atom stereocenters. The minimum Gasteiger partial charge on any atom is -0.266 e. The highest BCUT2D eigenvalue weighted by molar-refractivity contribution is 7.92. The number of rotatable bonds is 2. The van der Waals surface area contributed by atoms with E-state index in [4.69, 9.17) is 11.6 Å². The van der Waals surface area contributed by atoms with Gasteiger partial charge in [-0.15, -0.1) is 0 Å².